The van der Waals surface area contributed by atoms with Crippen LogP contribution in [0.15, 0.2) is 88.1 Å². The van der Waals surface area contributed by atoms with Gasteiger partial charge in [0.2, 0.25) is 0 Å². The Labute approximate surface area is 160 Å². The minimum Gasteiger partial charge on any atom is -0.481 e. The van der Waals surface area contributed by atoms with Crippen molar-refractivity contribution in [3.63, 3.8) is 0 Å². The summed E-state index contributed by atoms with van der Waals surface area (Å²) in [5.74, 6) is 0.678. The van der Waals surface area contributed by atoms with Crippen molar-refractivity contribution in [2.45, 2.75) is 6.42 Å². The molecule has 3 aromatic carbocycles. The molecule has 0 radical (unpaired) electrons. The molecule has 0 spiro atoms. The van der Waals surface area contributed by atoms with Crippen molar-refractivity contribution >= 4 is 16.9 Å². The first-order chi connectivity index (χ1) is 13.6. The summed E-state index contributed by atoms with van der Waals surface area (Å²) < 4.78 is 11.9. The topological polar surface area (TPSA) is 76.7 Å². The van der Waals surface area contributed by atoms with E-state index in [2.05, 4.69) is 0 Å². The highest BCUT2D eigenvalue weighted by atomic mass is 16.5. The average Bonchev–Trinajstić information content (AvgIpc) is 2.69. The Morgan fingerprint density at radius 1 is 0.929 bits per heavy atom. The predicted molar refractivity (Wildman–Crippen MR) is 106 cm³/mol. The lowest BCUT2D eigenvalue weighted by Crippen LogP contribution is -2.04. The molecule has 0 atom stereocenters. The summed E-state index contributed by atoms with van der Waals surface area (Å²) in [4.78, 5) is 23.5. The maximum Gasteiger partial charge on any atom is 0.307 e. The Bertz CT molecular complexity index is 1210. The first-order valence-electron chi connectivity index (χ1n) is 8.71. The van der Waals surface area contributed by atoms with Crippen molar-refractivity contribution in [1.82, 2.24) is 0 Å². The molecule has 0 aliphatic carbocycles. The first-order valence-corrected chi connectivity index (χ1v) is 8.71. The third-order valence-corrected chi connectivity index (χ3v) is 4.27. The summed E-state index contributed by atoms with van der Waals surface area (Å²) in [6, 6.07) is 22.9. The third-order valence-electron chi connectivity index (χ3n) is 4.27. The number of aliphatic carboxylic acids is 1. The van der Waals surface area contributed by atoms with Crippen molar-refractivity contribution in [3.05, 3.63) is 94.6 Å². The van der Waals surface area contributed by atoms with Crippen molar-refractivity contribution in [1.29, 1.82) is 0 Å². The lowest BCUT2D eigenvalue weighted by Gasteiger charge is -2.11. The molecule has 1 aromatic heterocycles. The molecule has 5 nitrogen and oxygen atoms in total. The highest BCUT2D eigenvalue weighted by Crippen LogP contribution is 2.33. The monoisotopic (exact) mass is 372 g/mol. The summed E-state index contributed by atoms with van der Waals surface area (Å²) in [6.07, 6.45) is -0.148. The molecule has 0 bridgehead atoms. The van der Waals surface area contributed by atoms with E-state index in [9.17, 15) is 9.59 Å². The first kappa shape index (κ1) is 17.5. The van der Waals surface area contributed by atoms with Crippen LogP contribution in [-0.2, 0) is 11.2 Å². The smallest absolute Gasteiger partial charge is 0.307 e. The second-order valence-corrected chi connectivity index (χ2v) is 6.29. The third kappa shape index (κ3) is 3.64. The van der Waals surface area contributed by atoms with E-state index in [1.165, 1.54) is 6.07 Å². The molecule has 0 saturated heterocycles. The van der Waals surface area contributed by atoms with Crippen molar-refractivity contribution in [2.75, 3.05) is 0 Å². The number of fused-ring (bicyclic) bond motifs is 1. The summed E-state index contributed by atoms with van der Waals surface area (Å²) >= 11 is 0. The number of benzene rings is 3. The molecular weight excluding hydrogens is 356 g/mol. The zero-order chi connectivity index (χ0) is 19.5. The van der Waals surface area contributed by atoms with E-state index >= 15 is 0 Å². The number of hydrogen-bond donors (Lipinski definition) is 1. The lowest BCUT2D eigenvalue weighted by molar-refractivity contribution is -0.136. The van der Waals surface area contributed by atoms with E-state index in [-0.39, 0.29) is 11.8 Å². The van der Waals surface area contributed by atoms with Crippen LogP contribution in [0.25, 0.3) is 22.3 Å². The van der Waals surface area contributed by atoms with Gasteiger partial charge >= 0.3 is 5.97 Å². The maximum absolute atomic E-state index is 12.6. The Kier molecular flexibility index (Phi) is 4.64. The molecule has 4 aromatic rings. The standard InChI is InChI=1S/C23H16O5/c24-19-14-22(28-21-11-10-15(12-18(19)21)13-23(25)26)17-8-4-5-9-20(17)27-16-6-2-1-3-7-16/h1-12,14H,13H2,(H,25,26). The quantitative estimate of drug-likeness (QED) is 0.540. The highest BCUT2D eigenvalue weighted by molar-refractivity contribution is 5.81. The summed E-state index contributed by atoms with van der Waals surface area (Å²) in [7, 11) is 0. The fraction of sp³-hybridized carbons (Fsp3) is 0.0435. The van der Waals surface area contributed by atoms with E-state index in [1.54, 1.807) is 18.2 Å². The molecule has 0 aliphatic rings. The number of carboxylic acid groups (broad SMARTS) is 1. The van der Waals surface area contributed by atoms with Crippen LogP contribution in [0.4, 0.5) is 0 Å². The van der Waals surface area contributed by atoms with Gasteiger partial charge in [0.05, 0.1) is 17.4 Å². The van der Waals surface area contributed by atoms with E-state index in [4.69, 9.17) is 14.3 Å². The zero-order valence-corrected chi connectivity index (χ0v) is 14.8. The van der Waals surface area contributed by atoms with Gasteiger partial charge in [-0.25, -0.2) is 0 Å². The Morgan fingerprint density at radius 3 is 2.46 bits per heavy atom. The normalized spacial score (nSPS) is 10.7. The largest absolute Gasteiger partial charge is 0.481 e. The molecule has 0 saturated carbocycles. The van der Waals surface area contributed by atoms with Crippen LogP contribution in [-0.4, -0.2) is 11.1 Å². The van der Waals surface area contributed by atoms with Gasteiger partial charge in [-0.05, 0) is 42.0 Å². The van der Waals surface area contributed by atoms with E-state index in [1.807, 2.05) is 54.6 Å². The summed E-state index contributed by atoms with van der Waals surface area (Å²) in [6.45, 7) is 0. The molecular formula is C23H16O5. The number of ether oxygens (including phenoxy) is 1. The molecule has 0 amide bonds. The van der Waals surface area contributed by atoms with Gasteiger partial charge in [-0.2, -0.15) is 0 Å². The Balaban J connectivity index is 1.78. The highest BCUT2D eigenvalue weighted by Gasteiger charge is 2.13. The van der Waals surface area contributed by atoms with Crippen LogP contribution in [0.5, 0.6) is 11.5 Å². The van der Waals surface area contributed by atoms with Gasteiger partial charge < -0.3 is 14.3 Å². The molecule has 4 rings (SSSR count). The van der Waals surface area contributed by atoms with Gasteiger partial charge in [-0.1, -0.05) is 36.4 Å². The molecule has 0 aliphatic heterocycles. The minimum atomic E-state index is -0.952. The van der Waals surface area contributed by atoms with Crippen LogP contribution in [0, 0.1) is 0 Å². The Morgan fingerprint density at radius 2 is 1.68 bits per heavy atom. The van der Waals surface area contributed by atoms with Crippen molar-refractivity contribution in [2.24, 2.45) is 0 Å². The van der Waals surface area contributed by atoms with Gasteiger partial charge in [0.15, 0.2) is 5.43 Å². The minimum absolute atomic E-state index is 0.148. The van der Waals surface area contributed by atoms with Crippen LogP contribution >= 0.6 is 0 Å². The lowest BCUT2D eigenvalue weighted by atomic mass is 10.1. The maximum atomic E-state index is 12.6. The van der Waals surface area contributed by atoms with E-state index in [0.717, 1.165) is 0 Å². The SMILES string of the molecule is O=C(O)Cc1ccc2oc(-c3ccccc3Oc3ccccc3)cc(=O)c2c1. The summed E-state index contributed by atoms with van der Waals surface area (Å²) in [5, 5.41) is 9.29. The van der Waals surface area contributed by atoms with E-state index in [0.29, 0.717) is 39.4 Å². The van der Waals surface area contributed by atoms with Crippen LogP contribution in [0.3, 0.4) is 0 Å². The van der Waals surface area contributed by atoms with Crippen molar-refractivity contribution < 1.29 is 19.1 Å². The van der Waals surface area contributed by atoms with E-state index < -0.39 is 5.97 Å². The van der Waals surface area contributed by atoms with Gasteiger partial charge in [0.1, 0.15) is 22.8 Å². The summed E-state index contributed by atoms with van der Waals surface area (Å²) in [5.41, 5.74) is 1.36. The zero-order valence-electron chi connectivity index (χ0n) is 14.8. The molecule has 138 valence electrons. The second-order valence-electron chi connectivity index (χ2n) is 6.29. The van der Waals surface area contributed by atoms with Crippen LogP contribution in [0.2, 0.25) is 0 Å². The average molecular weight is 372 g/mol. The second kappa shape index (κ2) is 7.40. The Hall–Kier alpha value is -3.86. The molecule has 1 heterocycles. The van der Waals surface area contributed by atoms with Crippen molar-refractivity contribution in [3.8, 4) is 22.8 Å². The van der Waals surface area contributed by atoms with Gasteiger partial charge in [-0.15, -0.1) is 0 Å². The predicted octanol–water partition coefficient (Wildman–Crippen LogP) is 4.88. The molecule has 5 heteroatoms. The number of rotatable bonds is 5. The number of para-hydroxylation sites is 2. The molecule has 1 N–H and O–H groups in total. The number of hydrogen-bond acceptors (Lipinski definition) is 4. The molecule has 0 fully saturated rings. The van der Waals surface area contributed by atoms with Gasteiger partial charge in [0, 0.05) is 6.07 Å². The molecule has 28 heavy (non-hydrogen) atoms. The van der Waals surface area contributed by atoms with Crippen LogP contribution in [0.1, 0.15) is 5.56 Å². The van der Waals surface area contributed by atoms with Crippen LogP contribution < -0.4 is 10.2 Å². The van der Waals surface area contributed by atoms with Gasteiger partial charge in [0.25, 0.3) is 0 Å². The molecule has 0 unspecified atom stereocenters. The van der Waals surface area contributed by atoms with Gasteiger partial charge in [-0.3, -0.25) is 9.59 Å². The number of carboxylic acids is 1. The number of carbonyl (C=O) groups is 1. The fourth-order valence-electron chi connectivity index (χ4n) is 3.00. The fourth-order valence-corrected chi connectivity index (χ4v) is 3.00.